The van der Waals surface area contributed by atoms with Gasteiger partial charge in [-0.2, -0.15) is 24.0 Å². The maximum Gasteiger partial charge on any atom is 0.265 e. The number of hydrogen-bond acceptors (Lipinski definition) is 11. The molecule has 0 saturated carbocycles. The average molecular weight is 594 g/mol. The van der Waals surface area contributed by atoms with E-state index in [0.717, 1.165) is 4.52 Å². The van der Waals surface area contributed by atoms with Crippen LogP contribution in [0, 0.1) is 13.8 Å². The minimum Gasteiger partial charge on any atom is -0.493 e. The summed E-state index contributed by atoms with van der Waals surface area (Å²) in [7, 11) is 0. The minimum absolute atomic E-state index is 0.0789. The molecule has 14 nitrogen and oxygen atoms in total. The van der Waals surface area contributed by atoms with Crippen LogP contribution in [-0.2, 0) is 0 Å². The molecule has 0 bridgehead atoms. The molecule has 2 N–H and O–H groups in total. The van der Waals surface area contributed by atoms with Crippen molar-refractivity contribution in [2.45, 2.75) is 13.8 Å². The number of aryl methyl sites for hydroxylation is 2. The highest BCUT2D eigenvalue weighted by Gasteiger charge is 2.21. The van der Waals surface area contributed by atoms with Gasteiger partial charge in [0.25, 0.3) is 11.3 Å². The van der Waals surface area contributed by atoms with Crippen molar-refractivity contribution in [3.8, 4) is 28.4 Å². The van der Waals surface area contributed by atoms with Crippen molar-refractivity contribution in [1.82, 2.24) is 59.1 Å². The van der Waals surface area contributed by atoms with E-state index in [-0.39, 0.29) is 38.2 Å². The Bertz CT molecular complexity index is 1900. The summed E-state index contributed by atoms with van der Waals surface area (Å²) in [6.07, 6.45) is 5.37. The highest BCUT2D eigenvalue weighted by atomic mass is 35.5. The Kier molecular flexibility index (Phi) is 6.79. The van der Waals surface area contributed by atoms with Gasteiger partial charge in [0.15, 0.2) is 0 Å². The van der Waals surface area contributed by atoms with Gasteiger partial charge in [0.1, 0.15) is 45.9 Å². The van der Waals surface area contributed by atoms with Gasteiger partial charge in [-0.15, -0.1) is 10.2 Å². The lowest BCUT2D eigenvalue weighted by Gasteiger charge is -2.07. The lowest BCUT2D eigenvalue weighted by Crippen LogP contribution is -2.13. The summed E-state index contributed by atoms with van der Waals surface area (Å²) in [5.41, 5.74) is 0.288. The largest absolute Gasteiger partial charge is 0.493 e. The molecule has 6 rings (SSSR count). The zero-order valence-corrected chi connectivity index (χ0v) is 22.1. The van der Waals surface area contributed by atoms with Crippen molar-refractivity contribution in [3.05, 3.63) is 67.4 Å². The molecular formula is C20H12Cl4N12O2. The highest BCUT2D eigenvalue weighted by Crippen LogP contribution is 2.35. The lowest BCUT2D eigenvalue weighted by atomic mass is 10.2. The summed E-state index contributed by atoms with van der Waals surface area (Å²) in [5.74, 6) is 1.04. The average Bonchev–Trinajstić information content (AvgIpc) is 3.43. The van der Waals surface area contributed by atoms with Gasteiger partial charge in [0.05, 0.1) is 21.3 Å². The molecule has 0 spiro atoms. The van der Waals surface area contributed by atoms with Crippen molar-refractivity contribution in [1.29, 1.82) is 0 Å². The monoisotopic (exact) mass is 592 g/mol. The predicted octanol–water partition coefficient (Wildman–Crippen LogP) is 3.39. The maximum absolute atomic E-state index is 12.0. The Hall–Kier alpha value is -3.98. The summed E-state index contributed by atoms with van der Waals surface area (Å²) in [5, 5.41) is 19.1. The van der Waals surface area contributed by atoms with Crippen molar-refractivity contribution >= 4 is 58.0 Å². The van der Waals surface area contributed by atoms with Gasteiger partial charge in [-0.1, -0.05) is 46.4 Å². The highest BCUT2D eigenvalue weighted by molar-refractivity contribution is 6.40. The first kappa shape index (κ1) is 25.7. The Balaban J connectivity index is 0.000000155. The molecule has 0 unspecified atom stereocenters. The summed E-state index contributed by atoms with van der Waals surface area (Å²) >= 11 is 24.4. The van der Waals surface area contributed by atoms with E-state index in [1.807, 2.05) is 0 Å². The molecule has 0 aliphatic heterocycles. The Morgan fingerprint density at radius 2 is 1.39 bits per heavy atom. The van der Waals surface area contributed by atoms with E-state index in [1.54, 1.807) is 13.8 Å². The van der Waals surface area contributed by atoms with Gasteiger partial charge < -0.3 is 5.11 Å². The number of fused-ring (bicyclic) bond motifs is 2. The number of nitrogens with zero attached hydrogens (tertiary/aromatic N) is 11. The standard InChI is InChI=1S/C10H5Cl3N6.C10H7ClN6O2/c1-4-16-10-17-8(12)6(9(13)19(10)18-4)7-5(11)2-14-3-15-7;1-4-14-10-15-8(18)6(9(19)17(10)16-4)7-5(11)2-12-3-13-7/h2-3H,1H3;2-3,19H,1H3,(H,14,15,16,18). The van der Waals surface area contributed by atoms with Crippen LogP contribution < -0.4 is 5.56 Å². The Morgan fingerprint density at radius 1 is 0.816 bits per heavy atom. The number of rotatable bonds is 2. The molecule has 0 saturated heterocycles. The second-order valence-electron chi connectivity index (χ2n) is 7.42. The van der Waals surface area contributed by atoms with E-state index in [9.17, 15) is 9.90 Å². The SMILES string of the molecule is Cc1nc2[nH]c(=O)c(-c3ncncc3Cl)c(O)n2n1.Cc1nc2nc(Cl)c(-c3ncncc3Cl)c(Cl)n2n1. The Labute approximate surface area is 231 Å². The van der Waals surface area contributed by atoms with Gasteiger partial charge in [-0.05, 0) is 13.8 Å². The molecule has 0 aliphatic carbocycles. The summed E-state index contributed by atoms with van der Waals surface area (Å²) < 4.78 is 2.50. The molecule has 0 aromatic carbocycles. The van der Waals surface area contributed by atoms with E-state index >= 15 is 0 Å². The zero-order valence-electron chi connectivity index (χ0n) is 19.1. The Morgan fingerprint density at radius 3 is 2.03 bits per heavy atom. The van der Waals surface area contributed by atoms with Gasteiger partial charge >= 0.3 is 0 Å². The van der Waals surface area contributed by atoms with Gasteiger partial charge in [-0.3, -0.25) is 9.78 Å². The first-order valence-corrected chi connectivity index (χ1v) is 11.9. The van der Waals surface area contributed by atoms with Crippen LogP contribution in [0.25, 0.3) is 34.1 Å². The van der Waals surface area contributed by atoms with Crippen LogP contribution in [0.2, 0.25) is 20.4 Å². The van der Waals surface area contributed by atoms with Crippen LogP contribution in [0.1, 0.15) is 11.6 Å². The molecule has 38 heavy (non-hydrogen) atoms. The number of H-pyrrole nitrogens is 1. The summed E-state index contributed by atoms with van der Waals surface area (Å²) in [4.78, 5) is 42.2. The molecule has 0 amide bonds. The van der Waals surface area contributed by atoms with Crippen molar-refractivity contribution in [2.24, 2.45) is 0 Å². The van der Waals surface area contributed by atoms with Crippen molar-refractivity contribution in [3.63, 3.8) is 0 Å². The predicted molar refractivity (Wildman–Crippen MR) is 138 cm³/mol. The topological polar surface area (TPSA) is 178 Å². The fourth-order valence-electron chi connectivity index (χ4n) is 3.36. The molecule has 192 valence electrons. The van der Waals surface area contributed by atoms with E-state index in [1.165, 1.54) is 29.6 Å². The van der Waals surface area contributed by atoms with Gasteiger partial charge in [0, 0.05) is 12.4 Å². The number of aromatic amines is 1. The molecule has 18 heteroatoms. The quantitative estimate of drug-likeness (QED) is 0.281. The van der Waals surface area contributed by atoms with E-state index in [4.69, 9.17) is 46.4 Å². The smallest absolute Gasteiger partial charge is 0.265 e. The fraction of sp³-hybridized carbons (Fsp3) is 0.100. The van der Waals surface area contributed by atoms with Crippen LogP contribution in [-0.4, -0.2) is 64.2 Å². The molecular weight excluding hydrogens is 582 g/mol. The van der Waals surface area contributed by atoms with Crippen LogP contribution >= 0.6 is 46.4 Å². The van der Waals surface area contributed by atoms with Gasteiger partial charge in [-0.25, -0.2) is 19.9 Å². The van der Waals surface area contributed by atoms with Crippen LogP contribution in [0.3, 0.4) is 0 Å². The molecule has 6 heterocycles. The minimum atomic E-state index is -0.557. The van der Waals surface area contributed by atoms with E-state index < -0.39 is 5.56 Å². The van der Waals surface area contributed by atoms with Crippen molar-refractivity contribution in [2.75, 3.05) is 0 Å². The van der Waals surface area contributed by atoms with Crippen molar-refractivity contribution < 1.29 is 5.11 Å². The third kappa shape index (κ3) is 4.58. The third-order valence-corrected chi connectivity index (χ3v) is 6.07. The first-order valence-electron chi connectivity index (χ1n) is 10.3. The van der Waals surface area contributed by atoms with Gasteiger partial charge in [0.2, 0.25) is 11.7 Å². The van der Waals surface area contributed by atoms with E-state index in [2.05, 4.69) is 50.1 Å². The lowest BCUT2D eigenvalue weighted by molar-refractivity contribution is 0.436. The van der Waals surface area contributed by atoms with E-state index in [0.29, 0.717) is 33.7 Å². The number of aromatic nitrogens is 12. The first-order chi connectivity index (χ1) is 18.2. The fourth-order valence-corrected chi connectivity index (χ4v) is 4.35. The zero-order chi connectivity index (χ0) is 27.1. The van der Waals surface area contributed by atoms with Crippen LogP contribution in [0.5, 0.6) is 5.88 Å². The molecule has 0 fully saturated rings. The number of halogens is 4. The summed E-state index contributed by atoms with van der Waals surface area (Å²) in [6.45, 7) is 3.37. The molecule has 0 aliphatic rings. The normalized spacial score (nSPS) is 11.1. The second kappa shape index (κ2) is 10.1. The summed E-state index contributed by atoms with van der Waals surface area (Å²) in [6, 6.07) is 0. The number of hydrogen-bond donors (Lipinski definition) is 2. The van der Waals surface area contributed by atoms with Crippen LogP contribution in [0.4, 0.5) is 0 Å². The maximum atomic E-state index is 12.0. The third-order valence-electron chi connectivity index (χ3n) is 4.89. The molecule has 6 aromatic heterocycles. The van der Waals surface area contributed by atoms with Crippen LogP contribution in [0.15, 0.2) is 29.8 Å². The molecule has 0 atom stereocenters. The molecule has 6 aromatic rings. The number of aromatic hydroxyl groups is 1. The number of nitrogens with one attached hydrogen (secondary N) is 1. The second-order valence-corrected chi connectivity index (χ2v) is 8.96. The molecule has 0 radical (unpaired) electrons.